The second-order valence-electron chi connectivity index (χ2n) is 7.36. The minimum absolute atomic E-state index is 0.0490. The Kier molecular flexibility index (Phi) is 5.81. The van der Waals surface area contributed by atoms with Crippen molar-refractivity contribution in [2.45, 2.75) is 25.2 Å². The van der Waals surface area contributed by atoms with Crippen LogP contribution in [0.25, 0.3) is 5.69 Å². The second-order valence-corrected chi connectivity index (χ2v) is 7.74. The quantitative estimate of drug-likeness (QED) is 0.452. The Morgan fingerprint density at radius 3 is 2.47 bits per heavy atom. The van der Waals surface area contributed by atoms with Gasteiger partial charge in [0, 0.05) is 25.2 Å². The predicted octanol–water partition coefficient (Wildman–Crippen LogP) is 4.57. The molecular weight excluding hydrogens is 404 g/mol. The minimum atomic E-state index is -0.488. The SMILES string of the molecule is O=c1c(Cl)c(N2CCC[C@@H](c3ccccc3)CC2)cnn1-c1ccc([N+](=O)[O-])cc1. The van der Waals surface area contributed by atoms with Gasteiger partial charge in [-0.1, -0.05) is 41.9 Å². The summed E-state index contributed by atoms with van der Waals surface area (Å²) >= 11 is 6.45. The van der Waals surface area contributed by atoms with Crippen LogP contribution in [-0.2, 0) is 0 Å². The van der Waals surface area contributed by atoms with Crippen molar-refractivity contribution in [2.75, 3.05) is 18.0 Å². The molecule has 0 amide bonds. The zero-order chi connectivity index (χ0) is 21.1. The van der Waals surface area contributed by atoms with E-state index in [9.17, 15) is 14.9 Å². The van der Waals surface area contributed by atoms with E-state index in [-0.39, 0.29) is 10.7 Å². The van der Waals surface area contributed by atoms with E-state index in [2.05, 4.69) is 34.3 Å². The lowest BCUT2D eigenvalue weighted by molar-refractivity contribution is -0.384. The first-order valence-electron chi connectivity index (χ1n) is 9.87. The summed E-state index contributed by atoms with van der Waals surface area (Å²) in [6, 6.07) is 16.1. The molecule has 2 aromatic carbocycles. The van der Waals surface area contributed by atoms with Gasteiger partial charge in [-0.2, -0.15) is 9.78 Å². The van der Waals surface area contributed by atoms with Crippen molar-refractivity contribution in [1.29, 1.82) is 0 Å². The summed E-state index contributed by atoms with van der Waals surface area (Å²) in [5.74, 6) is 0.489. The van der Waals surface area contributed by atoms with Gasteiger partial charge in [0.15, 0.2) is 0 Å². The van der Waals surface area contributed by atoms with E-state index in [1.807, 2.05) is 6.07 Å². The molecule has 4 rings (SSSR count). The third kappa shape index (κ3) is 4.07. The van der Waals surface area contributed by atoms with Crippen molar-refractivity contribution in [2.24, 2.45) is 0 Å². The van der Waals surface area contributed by atoms with Crippen LogP contribution in [0.15, 0.2) is 65.6 Å². The molecular formula is C22H21ClN4O3. The number of rotatable bonds is 4. The number of nitrogens with zero attached hydrogens (tertiary/aromatic N) is 4. The lowest BCUT2D eigenvalue weighted by atomic mass is 9.92. The van der Waals surface area contributed by atoms with Crippen molar-refractivity contribution >= 4 is 23.0 Å². The van der Waals surface area contributed by atoms with Crippen LogP contribution in [0.1, 0.15) is 30.7 Å². The monoisotopic (exact) mass is 424 g/mol. The highest BCUT2D eigenvalue weighted by atomic mass is 35.5. The van der Waals surface area contributed by atoms with Gasteiger partial charge in [-0.05, 0) is 42.9 Å². The van der Waals surface area contributed by atoms with Crippen LogP contribution < -0.4 is 10.5 Å². The average Bonchev–Trinajstić information content (AvgIpc) is 3.02. The first-order chi connectivity index (χ1) is 14.5. The maximum Gasteiger partial charge on any atom is 0.292 e. The Morgan fingerprint density at radius 2 is 1.77 bits per heavy atom. The predicted molar refractivity (Wildman–Crippen MR) is 117 cm³/mol. The third-order valence-electron chi connectivity index (χ3n) is 5.55. The maximum absolute atomic E-state index is 12.8. The third-order valence-corrected chi connectivity index (χ3v) is 5.90. The van der Waals surface area contributed by atoms with Gasteiger partial charge in [0.05, 0.1) is 22.5 Å². The first-order valence-corrected chi connectivity index (χ1v) is 10.2. The molecule has 0 bridgehead atoms. The molecule has 3 aromatic rings. The number of hydrogen-bond acceptors (Lipinski definition) is 5. The molecule has 154 valence electrons. The van der Waals surface area contributed by atoms with Crippen molar-refractivity contribution in [3.05, 3.63) is 91.8 Å². The van der Waals surface area contributed by atoms with Gasteiger partial charge in [0.25, 0.3) is 11.2 Å². The number of halogens is 1. The number of benzene rings is 2. The molecule has 1 atom stereocenters. The zero-order valence-corrected chi connectivity index (χ0v) is 17.0. The summed E-state index contributed by atoms with van der Waals surface area (Å²) in [6.07, 6.45) is 4.67. The molecule has 0 saturated carbocycles. The highest BCUT2D eigenvalue weighted by Gasteiger charge is 2.22. The average molecular weight is 425 g/mol. The molecule has 0 spiro atoms. The normalized spacial score (nSPS) is 16.8. The molecule has 7 nitrogen and oxygen atoms in total. The van der Waals surface area contributed by atoms with Gasteiger partial charge in [-0.25, -0.2) is 0 Å². The van der Waals surface area contributed by atoms with Crippen LogP contribution in [0.5, 0.6) is 0 Å². The largest absolute Gasteiger partial charge is 0.369 e. The van der Waals surface area contributed by atoms with E-state index in [1.54, 1.807) is 6.20 Å². The molecule has 0 N–H and O–H groups in total. The standard InChI is InChI=1S/C22H21ClN4O3/c23-21-20(25-13-4-7-17(12-14-25)16-5-2-1-3-6-16)15-24-26(22(21)28)18-8-10-19(11-9-18)27(29)30/h1-3,5-6,8-11,15,17H,4,7,12-14H2/t17-/m1/s1. The Labute approximate surface area is 178 Å². The Balaban J connectivity index is 1.56. The van der Waals surface area contributed by atoms with Crippen LogP contribution in [0.2, 0.25) is 5.02 Å². The fourth-order valence-corrected chi connectivity index (χ4v) is 4.19. The Bertz CT molecular complexity index is 1100. The van der Waals surface area contributed by atoms with Gasteiger partial charge in [-0.15, -0.1) is 0 Å². The van der Waals surface area contributed by atoms with E-state index in [4.69, 9.17) is 11.6 Å². The first kappa shape index (κ1) is 20.1. The van der Waals surface area contributed by atoms with Crippen molar-refractivity contribution < 1.29 is 4.92 Å². The Morgan fingerprint density at radius 1 is 1.03 bits per heavy atom. The fourth-order valence-electron chi connectivity index (χ4n) is 3.94. The molecule has 1 fully saturated rings. The van der Waals surface area contributed by atoms with Crippen LogP contribution in [0.3, 0.4) is 0 Å². The lowest BCUT2D eigenvalue weighted by Crippen LogP contribution is -2.29. The molecule has 0 radical (unpaired) electrons. The molecule has 1 saturated heterocycles. The van der Waals surface area contributed by atoms with Crippen molar-refractivity contribution in [3.8, 4) is 5.69 Å². The van der Waals surface area contributed by atoms with Gasteiger partial charge in [0.1, 0.15) is 5.02 Å². The van der Waals surface area contributed by atoms with E-state index in [0.717, 1.165) is 32.4 Å². The van der Waals surface area contributed by atoms with Crippen molar-refractivity contribution in [3.63, 3.8) is 0 Å². The number of nitro groups is 1. The second kappa shape index (κ2) is 8.67. The van der Waals surface area contributed by atoms with Crippen LogP contribution >= 0.6 is 11.6 Å². The molecule has 2 heterocycles. The van der Waals surface area contributed by atoms with E-state index in [0.29, 0.717) is 17.3 Å². The zero-order valence-electron chi connectivity index (χ0n) is 16.3. The smallest absolute Gasteiger partial charge is 0.292 e. The molecule has 0 aliphatic carbocycles. The summed E-state index contributed by atoms with van der Waals surface area (Å²) in [4.78, 5) is 25.3. The molecule has 1 aromatic heterocycles. The summed E-state index contributed by atoms with van der Waals surface area (Å²) < 4.78 is 1.17. The molecule has 8 heteroatoms. The highest BCUT2D eigenvalue weighted by Crippen LogP contribution is 2.31. The molecule has 1 aliphatic heterocycles. The van der Waals surface area contributed by atoms with E-state index in [1.165, 1.54) is 34.5 Å². The maximum atomic E-state index is 12.8. The van der Waals surface area contributed by atoms with Crippen LogP contribution in [0.4, 0.5) is 11.4 Å². The van der Waals surface area contributed by atoms with E-state index < -0.39 is 10.5 Å². The summed E-state index contributed by atoms with van der Waals surface area (Å²) in [5, 5.41) is 15.2. The number of anilines is 1. The number of aromatic nitrogens is 2. The van der Waals surface area contributed by atoms with Crippen molar-refractivity contribution in [1.82, 2.24) is 9.78 Å². The Hall–Kier alpha value is -3.19. The summed E-state index contributed by atoms with van der Waals surface area (Å²) in [5.41, 5.74) is 1.92. The number of hydrogen-bond donors (Lipinski definition) is 0. The fraction of sp³-hybridized carbons (Fsp3) is 0.273. The lowest BCUT2D eigenvalue weighted by Gasteiger charge is -2.23. The topological polar surface area (TPSA) is 81.3 Å². The van der Waals surface area contributed by atoms with Gasteiger partial charge in [0.2, 0.25) is 0 Å². The van der Waals surface area contributed by atoms with Gasteiger partial charge < -0.3 is 4.90 Å². The highest BCUT2D eigenvalue weighted by molar-refractivity contribution is 6.33. The number of nitro benzene ring substituents is 1. The summed E-state index contributed by atoms with van der Waals surface area (Å²) in [6.45, 7) is 1.60. The summed E-state index contributed by atoms with van der Waals surface area (Å²) in [7, 11) is 0. The van der Waals surface area contributed by atoms with Gasteiger partial charge in [-0.3, -0.25) is 14.9 Å². The number of non-ortho nitro benzene ring substituents is 1. The molecule has 30 heavy (non-hydrogen) atoms. The molecule has 0 unspecified atom stereocenters. The van der Waals surface area contributed by atoms with Crippen LogP contribution in [-0.4, -0.2) is 27.8 Å². The van der Waals surface area contributed by atoms with Gasteiger partial charge >= 0.3 is 0 Å². The minimum Gasteiger partial charge on any atom is -0.369 e. The van der Waals surface area contributed by atoms with Crippen LogP contribution in [0, 0.1) is 10.1 Å². The molecule has 1 aliphatic rings. The van der Waals surface area contributed by atoms with E-state index >= 15 is 0 Å².